The van der Waals surface area contributed by atoms with E-state index in [9.17, 15) is 9.90 Å². The maximum atomic E-state index is 12.3. The summed E-state index contributed by atoms with van der Waals surface area (Å²) in [6.07, 6.45) is 6.50. The molecule has 3 rings (SSSR count). The molecule has 2 unspecified atom stereocenters. The zero-order chi connectivity index (χ0) is 16.1. The van der Waals surface area contributed by atoms with Crippen LogP contribution in [-0.2, 0) is 4.84 Å². The van der Waals surface area contributed by atoms with Gasteiger partial charge in [-0.15, -0.1) is 0 Å². The van der Waals surface area contributed by atoms with E-state index in [1.54, 1.807) is 4.90 Å². The normalized spacial score (nSPS) is 23.2. The highest BCUT2D eigenvalue weighted by Gasteiger charge is 2.31. The van der Waals surface area contributed by atoms with E-state index in [1.807, 2.05) is 30.3 Å². The van der Waals surface area contributed by atoms with E-state index in [-0.39, 0.29) is 18.2 Å². The topological polar surface area (TPSA) is 61.8 Å². The van der Waals surface area contributed by atoms with Crippen molar-refractivity contribution in [1.82, 2.24) is 10.4 Å². The van der Waals surface area contributed by atoms with Crippen LogP contribution in [0.2, 0.25) is 0 Å². The summed E-state index contributed by atoms with van der Waals surface area (Å²) < 4.78 is 0. The highest BCUT2D eigenvalue weighted by Crippen LogP contribution is 2.27. The third-order valence-corrected chi connectivity index (χ3v) is 4.93. The lowest BCUT2D eigenvalue weighted by molar-refractivity contribution is -0.0101. The number of rotatable bonds is 5. The van der Waals surface area contributed by atoms with E-state index in [4.69, 9.17) is 4.84 Å². The van der Waals surface area contributed by atoms with Gasteiger partial charge in [0.1, 0.15) is 0 Å². The van der Waals surface area contributed by atoms with Gasteiger partial charge >= 0.3 is 6.03 Å². The molecule has 126 valence electrons. The number of nitrogens with one attached hydrogen (secondary N) is 1. The molecule has 1 aliphatic heterocycles. The van der Waals surface area contributed by atoms with Crippen LogP contribution in [0.1, 0.15) is 56.6 Å². The number of carbonyl (C=O) groups excluding carboxylic acids is 1. The number of benzene rings is 1. The van der Waals surface area contributed by atoms with Crippen molar-refractivity contribution < 1.29 is 14.7 Å². The van der Waals surface area contributed by atoms with Crippen molar-refractivity contribution in [1.29, 1.82) is 0 Å². The second kappa shape index (κ2) is 7.79. The predicted molar refractivity (Wildman–Crippen MR) is 87.6 cm³/mol. The molecule has 5 nitrogen and oxygen atoms in total. The number of urea groups is 1. The number of nitrogens with zero attached hydrogens (tertiary/aromatic N) is 1. The second-order valence-electron chi connectivity index (χ2n) is 6.58. The van der Waals surface area contributed by atoms with Crippen LogP contribution in [0, 0.1) is 0 Å². The number of amides is 2. The van der Waals surface area contributed by atoms with Crippen molar-refractivity contribution in [2.24, 2.45) is 0 Å². The van der Waals surface area contributed by atoms with Gasteiger partial charge in [-0.1, -0.05) is 43.2 Å². The Hall–Kier alpha value is -1.59. The Morgan fingerprint density at radius 2 is 1.96 bits per heavy atom. The van der Waals surface area contributed by atoms with Gasteiger partial charge in [0.05, 0.1) is 12.2 Å². The summed E-state index contributed by atoms with van der Waals surface area (Å²) >= 11 is 0. The van der Waals surface area contributed by atoms with E-state index in [0.29, 0.717) is 6.42 Å². The van der Waals surface area contributed by atoms with Crippen molar-refractivity contribution in [2.45, 2.75) is 63.2 Å². The lowest BCUT2D eigenvalue weighted by Gasteiger charge is -2.27. The predicted octanol–water partition coefficient (Wildman–Crippen LogP) is 3.16. The summed E-state index contributed by atoms with van der Waals surface area (Å²) in [5.74, 6) is 0. The molecule has 0 radical (unpaired) electrons. The number of carbonyl (C=O) groups is 1. The fourth-order valence-corrected chi connectivity index (χ4v) is 3.62. The Labute approximate surface area is 137 Å². The first-order valence-electron chi connectivity index (χ1n) is 8.69. The molecule has 0 aromatic heterocycles. The molecule has 0 bridgehead atoms. The van der Waals surface area contributed by atoms with Gasteiger partial charge in [0, 0.05) is 12.6 Å². The smallest absolute Gasteiger partial charge is 0.341 e. The molecule has 2 atom stereocenters. The van der Waals surface area contributed by atoms with Gasteiger partial charge < -0.3 is 10.0 Å². The molecule has 1 heterocycles. The van der Waals surface area contributed by atoms with Crippen LogP contribution in [0.4, 0.5) is 4.79 Å². The standard InChI is InChI=1S/C18H26N2O3/c21-17(14-7-2-1-3-8-14)13-15-9-6-12-20(15)18(22)19-23-16-10-4-5-11-16/h1-3,7-8,15-17,21H,4-6,9-13H2,(H,19,22). The second-order valence-corrected chi connectivity index (χ2v) is 6.58. The van der Waals surface area contributed by atoms with Crippen molar-refractivity contribution in [3.63, 3.8) is 0 Å². The first kappa shape index (κ1) is 16.3. The number of aliphatic hydroxyl groups is 1. The minimum absolute atomic E-state index is 0.0670. The number of hydrogen-bond acceptors (Lipinski definition) is 3. The monoisotopic (exact) mass is 318 g/mol. The Morgan fingerprint density at radius 3 is 2.70 bits per heavy atom. The van der Waals surface area contributed by atoms with Crippen molar-refractivity contribution in [2.75, 3.05) is 6.54 Å². The van der Waals surface area contributed by atoms with E-state index >= 15 is 0 Å². The van der Waals surface area contributed by atoms with Crippen LogP contribution in [0.3, 0.4) is 0 Å². The first-order valence-corrected chi connectivity index (χ1v) is 8.69. The largest absolute Gasteiger partial charge is 0.388 e. The highest BCUT2D eigenvalue weighted by molar-refractivity contribution is 5.73. The molecule has 2 aliphatic rings. The van der Waals surface area contributed by atoms with E-state index < -0.39 is 6.10 Å². The molecule has 1 aromatic carbocycles. The summed E-state index contributed by atoms with van der Waals surface area (Å²) in [6.45, 7) is 0.728. The van der Waals surface area contributed by atoms with Gasteiger partial charge in [0.2, 0.25) is 0 Å². The number of hydrogen-bond donors (Lipinski definition) is 2. The van der Waals surface area contributed by atoms with Gasteiger partial charge in [-0.2, -0.15) is 0 Å². The van der Waals surface area contributed by atoms with Crippen molar-refractivity contribution >= 4 is 6.03 Å². The maximum Gasteiger partial charge on any atom is 0.341 e. The summed E-state index contributed by atoms with van der Waals surface area (Å²) in [4.78, 5) is 19.7. The molecule has 1 saturated carbocycles. The summed E-state index contributed by atoms with van der Waals surface area (Å²) in [5.41, 5.74) is 3.52. The minimum atomic E-state index is -0.537. The molecule has 0 spiro atoms. The summed E-state index contributed by atoms with van der Waals surface area (Å²) in [6, 6.07) is 9.53. The fourth-order valence-electron chi connectivity index (χ4n) is 3.62. The molecule has 1 aliphatic carbocycles. The van der Waals surface area contributed by atoms with E-state index in [1.165, 1.54) is 12.8 Å². The minimum Gasteiger partial charge on any atom is -0.388 e. The molecule has 2 fully saturated rings. The first-order chi connectivity index (χ1) is 11.2. The molecular formula is C18H26N2O3. The van der Waals surface area contributed by atoms with Gasteiger partial charge in [0.25, 0.3) is 0 Å². The number of likely N-dealkylation sites (tertiary alicyclic amines) is 1. The van der Waals surface area contributed by atoms with Gasteiger partial charge in [-0.3, -0.25) is 4.84 Å². The zero-order valence-corrected chi connectivity index (χ0v) is 13.5. The summed E-state index contributed by atoms with van der Waals surface area (Å²) in [7, 11) is 0. The van der Waals surface area contributed by atoms with Crippen LogP contribution in [-0.4, -0.2) is 34.7 Å². The van der Waals surface area contributed by atoms with Crippen molar-refractivity contribution in [3.05, 3.63) is 35.9 Å². The lowest BCUT2D eigenvalue weighted by Crippen LogP contribution is -2.44. The van der Waals surface area contributed by atoms with Gasteiger partial charge in [0.15, 0.2) is 0 Å². The van der Waals surface area contributed by atoms with Crippen LogP contribution in [0.5, 0.6) is 0 Å². The SMILES string of the molecule is O=C(NOC1CCCC1)N1CCCC1CC(O)c1ccccc1. The average Bonchev–Trinajstić information content (AvgIpc) is 3.25. The average molecular weight is 318 g/mol. The molecule has 1 aromatic rings. The maximum absolute atomic E-state index is 12.3. The zero-order valence-electron chi connectivity index (χ0n) is 13.5. The summed E-state index contributed by atoms with van der Waals surface area (Å²) in [5, 5.41) is 10.4. The van der Waals surface area contributed by atoms with Crippen LogP contribution in [0.25, 0.3) is 0 Å². The number of aliphatic hydroxyl groups excluding tert-OH is 1. The number of hydroxylamine groups is 1. The molecule has 1 saturated heterocycles. The highest BCUT2D eigenvalue weighted by atomic mass is 16.7. The van der Waals surface area contributed by atoms with Gasteiger partial charge in [-0.25, -0.2) is 10.3 Å². The third-order valence-electron chi connectivity index (χ3n) is 4.93. The Morgan fingerprint density at radius 1 is 1.22 bits per heavy atom. The lowest BCUT2D eigenvalue weighted by atomic mass is 10.0. The Bertz CT molecular complexity index is 502. The van der Waals surface area contributed by atoms with Crippen LogP contribution >= 0.6 is 0 Å². The third kappa shape index (κ3) is 4.24. The van der Waals surface area contributed by atoms with Crippen LogP contribution < -0.4 is 5.48 Å². The van der Waals surface area contributed by atoms with E-state index in [2.05, 4.69) is 5.48 Å². The fraction of sp³-hybridized carbons (Fsp3) is 0.611. The van der Waals surface area contributed by atoms with E-state index in [0.717, 1.165) is 37.8 Å². The molecule has 5 heteroatoms. The molecule has 2 N–H and O–H groups in total. The molecule has 2 amide bonds. The Balaban J connectivity index is 1.51. The van der Waals surface area contributed by atoms with Gasteiger partial charge in [-0.05, 0) is 37.7 Å². The van der Waals surface area contributed by atoms with Crippen LogP contribution in [0.15, 0.2) is 30.3 Å². The van der Waals surface area contributed by atoms with Crippen molar-refractivity contribution in [3.8, 4) is 0 Å². The molecular weight excluding hydrogens is 292 g/mol. The Kier molecular flexibility index (Phi) is 5.51. The molecule has 23 heavy (non-hydrogen) atoms. The quantitative estimate of drug-likeness (QED) is 0.820.